The Morgan fingerprint density at radius 1 is 0.775 bits per heavy atom. The van der Waals surface area contributed by atoms with Crippen LogP contribution in [-0.4, -0.2) is 39.8 Å². The summed E-state index contributed by atoms with van der Waals surface area (Å²) in [5.74, 6) is -0.517. The lowest BCUT2D eigenvalue weighted by Crippen LogP contribution is -2.06. The Hall–Kier alpha value is -3.71. The van der Waals surface area contributed by atoms with E-state index in [-0.39, 0.29) is 23.4 Å². The van der Waals surface area contributed by atoms with Crippen LogP contribution in [0.2, 0.25) is 0 Å². The van der Waals surface area contributed by atoms with Crippen LogP contribution < -0.4 is 0 Å². The van der Waals surface area contributed by atoms with Crippen molar-refractivity contribution in [3.8, 4) is 0 Å². The second kappa shape index (κ2) is 18.6. The van der Waals surface area contributed by atoms with E-state index < -0.39 is 9.84 Å². The first-order valence-electron chi connectivity index (χ1n) is 13.6. The summed E-state index contributed by atoms with van der Waals surface area (Å²) in [7, 11) is -3.23. The zero-order valence-corrected chi connectivity index (χ0v) is 25.3. The van der Waals surface area contributed by atoms with E-state index in [1.807, 2.05) is 67.6 Å². The molecule has 0 atom stereocenters. The minimum atomic E-state index is -3.23. The van der Waals surface area contributed by atoms with E-state index in [2.05, 4.69) is 27.7 Å². The van der Waals surface area contributed by atoms with Crippen LogP contribution in [0.15, 0.2) is 89.8 Å². The maximum absolute atomic E-state index is 12.0. The number of hydrogen-bond donors (Lipinski definition) is 0. The Bertz CT molecular complexity index is 1290. The van der Waals surface area contributed by atoms with Gasteiger partial charge in [-0.1, -0.05) is 113 Å². The van der Waals surface area contributed by atoms with Gasteiger partial charge in [0, 0.05) is 11.8 Å². The first-order valence-corrected chi connectivity index (χ1v) is 15.5. The molecule has 6 nitrogen and oxygen atoms in total. The topological polar surface area (TPSA) is 86.7 Å². The third kappa shape index (κ3) is 12.0. The van der Waals surface area contributed by atoms with Crippen molar-refractivity contribution in [3.05, 3.63) is 102 Å². The van der Waals surface area contributed by atoms with E-state index in [0.717, 1.165) is 22.3 Å². The smallest absolute Gasteiger partial charge is 0.339 e. The standard InChI is InChI=1S/C17H14O4S.C10H12O2.2C3H8/c1-22(19,20)14-9-7-12(8-10-14)15-11-21-17(18)16(15)13-5-3-2-4-6-13;1-2-12-10(11)8-9-6-4-3-5-7-9;2*1-3-2/h2-10H,11H2,1H3;3-7H,2,8H2,1H3;2*3H2,1-2H3. The molecule has 1 aliphatic heterocycles. The molecule has 1 aliphatic rings. The summed E-state index contributed by atoms with van der Waals surface area (Å²) in [5, 5.41) is 0. The van der Waals surface area contributed by atoms with Crippen molar-refractivity contribution >= 4 is 32.9 Å². The Kier molecular flexibility index (Phi) is 15.9. The van der Waals surface area contributed by atoms with Crippen LogP contribution in [0.3, 0.4) is 0 Å². The SMILES string of the molecule is CCC.CCC.CCOC(=O)Cc1ccccc1.CS(=O)(=O)c1ccc(C2=C(c3ccccc3)C(=O)OC2)cc1. The molecule has 3 aromatic rings. The third-order valence-corrected chi connectivity index (χ3v) is 6.17. The van der Waals surface area contributed by atoms with Crippen LogP contribution in [0.25, 0.3) is 11.1 Å². The summed E-state index contributed by atoms with van der Waals surface area (Å²) in [4.78, 5) is 23.3. The quantitative estimate of drug-likeness (QED) is 0.294. The maximum Gasteiger partial charge on any atom is 0.339 e. The predicted octanol–water partition coefficient (Wildman–Crippen LogP) is 7.18. The van der Waals surface area contributed by atoms with Gasteiger partial charge in [-0.05, 0) is 35.7 Å². The van der Waals surface area contributed by atoms with Crippen molar-refractivity contribution in [2.45, 2.75) is 58.8 Å². The molecule has 4 rings (SSSR count). The van der Waals surface area contributed by atoms with Crippen molar-refractivity contribution in [2.75, 3.05) is 19.5 Å². The molecule has 0 unspecified atom stereocenters. The lowest BCUT2D eigenvalue weighted by Gasteiger charge is -2.05. The molecule has 7 heteroatoms. The van der Waals surface area contributed by atoms with Gasteiger partial charge in [0.15, 0.2) is 9.84 Å². The average Bonchev–Trinajstić information content (AvgIpc) is 3.32. The largest absolute Gasteiger partial charge is 0.466 e. The van der Waals surface area contributed by atoms with E-state index in [1.165, 1.54) is 19.1 Å². The Morgan fingerprint density at radius 3 is 1.75 bits per heavy atom. The maximum atomic E-state index is 12.0. The van der Waals surface area contributed by atoms with Crippen molar-refractivity contribution < 1.29 is 27.5 Å². The molecule has 0 spiro atoms. The molecule has 0 saturated carbocycles. The van der Waals surface area contributed by atoms with E-state index >= 15 is 0 Å². The lowest BCUT2D eigenvalue weighted by molar-refractivity contribution is -0.142. The predicted molar refractivity (Wildman–Crippen MR) is 162 cm³/mol. The number of rotatable bonds is 6. The number of carbonyl (C=O) groups is 2. The summed E-state index contributed by atoms with van der Waals surface area (Å²) in [6.07, 6.45) is 4.04. The van der Waals surface area contributed by atoms with E-state index in [4.69, 9.17) is 9.47 Å². The van der Waals surface area contributed by atoms with Gasteiger partial charge in [0.05, 0.1) is 23.5 Å². The molecule has 1 heterocycles. The average molecular weight is 567 g/mol. The minimum Gasteiger partial charge on any atom is -0.466 e. The normalized spacial score (nSPS) is 12.0. The van der Waals surface area contributed by atoms with Gasteiger partial charge in [-0.3, -0.25) is 4.79 Å². The zero-order valence-electron chi connectivity index (χ0n) is 24.5. The highest BCUT2D eigenvalue weighted by Crippen LogP contribution is 2.33. The molecule has 216 valence electrons. The molecule has 0 amide bonds. The van der Waals surface area contributed by atoms with Crippen LogP contribution in [0.1, 0.15) is 64.2 Å². The lowest BCUT2D eigenvalue weighted by atomic mass is 9.97. The number of carbonyl (C=O) groups excluding carboxylic acids is 2. The van der Waals surface area contributed by atoms with Gasteiger partial charge in [0.1, 0.15) is 6.61 Å². The Morgan fingerprint density at radius 2 is 1.27 bits per heavy atom. The first kappa shape index (κ1) is 34.3. The molecule has 3 aromatic carbocycles. The zero-order chi connectivity index (χ0) is 30.0. The summed E-state index contributed by atoms with van der Waals surface area (Å²) < 4.78 is 33.0. The van der Waals surface area contributed by atoms with Crippen LogP contribution >= 0.6 is 0 Å². The van der Waals surface area contributed by atoms with Gasteiger partial charge < -0.3 is 9.47 Å². The van der Waals surface area contributed by atoms with Crippen molar-refractivity contribution in [1.82, 2.24) is 0 Å². The number of esters is 2. The summed E-state index contributed by atoms with van der Waals surface area (Å²) >= 11 is 0. The fourth-order valence-corrected chi connectivity index (χ4v) is 4.04. The summed E-state index contributed by atoms with van der Waals surface area (Å²) in [5.41, 5.74) is 3.89. The van der Waals surface area contributed by atoms with Gasteiger partial charge in [0.25, 0.3) is 0 Å². The number of benzene rings is 3. The second-order valence-electron chi connectivity index (χ2n) is 8.97. The van der Waals surface area contributed by atoms with Crippen LogP contribution in [0, 0.1) is 0 Å². The monoisotopic (exact) mass is 566 g/mol. The molecule has 0 saturated heterocycles. The van der Waals surface area contributed by atoms with Crippen LogP contribution in [-0.2, 0) is 35.3 Å². The number of hydrogen-bond acceptors (Lipinski definition) is 6. The summed E-state index contributed by atoms with van der Waals surface area (Å²) in [6.45, 7) is 11.0. The van der Waals surface area contributed by atoms with Crippen molar-refractivity contribution in [2.24, 2.45) is 0 Å². The van der Waals surface area contributed by atoms with Gasteiger partial charge in [-0.2, -0.15) is 0 Å². The highest BCUT2D eigenvalue weighted by Gasteiger charge is 2.27. The van der Waals surface area contributed by atoms with Gasteiger partial charge in [-0.15, -0.1) is 0 Å². The highest BCUT2D eigenvalue weighted by molar-refractivity contribution is 7.90. The van der Waals surface area contributed by atoms with Gasteiger partial charge >= 0.3 is 11.9 Å². The van der Waals surface area contributed by atoms with E-state index in [1.54, 1.807) is 24.3 Å². The molecule has 40 heavy (non-hydrogen) atoms. The molecule has 0 aromatic heterocycles. The van der Waals surface area contributed by atoms with Gasteiger partial charge in [0.2, 0.25) is 0 Å². The molecule has 0 fully saturated rings. The van der Waals surface area contributed by atoms with Gasteiger partial charge in [-0.25, -0.2) is 13.2 Å². The van der Waals surface area contributed by atoms with Crippen molar-refractivity contribution in [1.29, 1.82) is 0 Å². The molecule has 0 N–H and O–H groups in total. The van der Waals surface area contributed by atoms with E-state index in [9.17, 15) is 18.0 Å². The highest BCUT2D eigenvalue weighted by atomic mass is 32.2. The summed E-state index contributed by atoms with van der Waals surface area (Å²) in [6, 6.07) is 25.4. The number of sulfone groups is 1. The second-order valence-corrected chi connectivity index (χ2v) is 11.0. The molecule has 0 radical (unpaired) electrons. The Balaban J connectivity index is 0.000000374. The molecule has 0 bridgehead atoms. The first-order chi connectivity index (χ1) is 19.1. The molecular formula is C33H42O6S. The fraction of sp³-hybridized carbons (Fsp3) is 0.333. The number of ether oxygens (including phenoxy) is 2. The number of cyclic esters (lactones) is 1. The molecule has 0 aliphatic carbocycles. The fourth-order valence-electron chi connectivity index (χ4n) is 3.41. The third-order valence-electron chi connectivity index (χ3n) is 5.04. The Labute approximate surface area is 240 Å². The van der Waals surface area contributed by atoms with Crippen LogP contribution in [0.5, 0.6) is 0 Å². The van der Waals surface area contributed by atoms with E-state index in [0.29, 0.717) is 18.6 Å². The van der Waals surface area contributed by atoms with Crippen LogP contribution in [0.4, 0.5) is 0 Å². The minimum absolute atomic E-state index is 0.163. The van der Waals surface area contributed by atoms with Crippen molar-refractivity contribution in [3.63, 3.8) is 0 Å². The molecular weight excluding hydrogens is 524 g/mol.